The van der Waals surface area contributed by atoms with Gasteiger partial charge in [0.25, 0.3) is 5.91 Å². The zero-order valence-corrected chi connectivity index (χ0v) is 10.9. The fourth-order valence-electron chi connectivity index (χ4n) is 1.87. The first kappa shape index (κ1) is 14.1. The van der Waals surface area contributed by atoms with Gasteiger partial charge in [-0.25, -0.2) is 0 Å². The molecule has 2 heterocycles. The SMILES string of the molecule is Cl.O=C(NCC1CCCS1)C1CNCCO1. The van der Waals surface area contributed by atoms with Gasteiger partial charge in [-0.2, -0.15) is 11.8 Å². The molecule has 16 heavy (non-hydrogen) atoms. The maximum absolute atomic E-state index is 11.7. The highest BCUT2D eigenvalue weighted by atomic mass is 35.5. The number of amides is 1. The van der Waals surface area contributed by atoms with E-state index in [-0.39, 0.29) is 24.4 Å². The molecule has 2 aliphatic heterocycles. The number of hydrogen-bond acceptors (Lipinski definition) is 4. The molecular weight excluding hydrogens is 248 g/mol. The third kappa shape index (κ3) is 4.13. The number of nitrogens with one attached hydrogen (secondary N) is 2. The summed E-state index contributed by atoms with van der Waals surface area (Å²) < 4.78 is 5.37. The standard InChI is InChI=1S/C10H18N2O2S.ClH/c13-10(9-7-11-3-4-14-9)12-6-8-2-1-5-15-8;/h8-9,11H,1-7H2,(H,12,13);1H. The molecule has 1 amide bonds. The Morgan fingerprint density at radius 1 is 1.56 bits per heavy atom. The molecule has 4 nitrogen and oxygen atoms in total. The number of ether oxygens (including phenoxy) is 1. The van der Waals surface area contributed by atoms with Crippen molar-refractivity contribution in [2.24, 2.45) is 0 Å². The minimum atomic E-state index is -0.287. The smallest absolute Gasteiger partial charge is 0.250 e. The summed E-state index contributed by atoms with van der Waals surface area (Å²) in [7, 11) is 0. The van der Waals surface area contributed by atoms with Gasteiger partial charge in [0.1, 0.15) is 6.10 Å². The lowest BCUT2D eigenvalue weighted by atomic mass is 10.2. The van der Waals surface area contributed by atoms with Gasteiger partial charge in [-0.05, 0) is 18.6 Å². The van der Waals surface area contributed by atoms with Crippen LogP contribution in [0.1, 0.15) is 12.8 Å². The molecule has 6 heteroatoms. The fraction of sp³-hybridized carbons (Fsp3) is 0.900. The summed E-state index contributed by atoms with van der Waals surface area (Å²) in [5, 5.41) is 6.74. The molecular formula is C10H19ClN2O2S. The molecule has 2 aliphatic rings. The highest BCUT2D eigenvalue weighted by molar-refractivity contribution is 8.00. The number of halogens is 1. The highest BCUT2D eigenvalue weighted by Gasteiger charge is 2.23. The topological polar surface area (TPSA) is 50.4 Å². The van der Waals surface area contributed by atoms with Crippen LogP contribution in [-0.4, -0.2) is 49.3 Å². The van der Waals surface area contributed by atoms with Crippen molar-refractivity contribution >= 4 is 30.1 Å². The minimum Gasteiger partial charge on any atom is -0.366 e. The minimum absolute atomic E-state index is 0. The van der Waals surface area contributed by atoms with Gasteiger partial charge in [0.05, 0.1) is 6.61 Å². The first-order chi connectivity index (χ1) is 7.36. The summed E-state index contributed by atoms with van der Waals surface area (Å²) in [5.74, 6) is 1.27. The zero-order valence-electron chi connectivity index (χ0n) is 9.24. The van der Waals surface area contributed by atoms with Gasteiger partial charge >= 0.3 is 0 Å². The van der Waals surface area contributed by atoms with Crippen molar-refractivity contribution in [3.05, 3.63) is 0 Å². The van der Waals surface area contributed by atoms with Gasteiger partial charge in [-0.15, -0.1) is 12.4 Å². The Kier molecular flexibility index (Phi) is 6.49. The molecule has 0 aromatic heterocycles. The third-order valence-electron chi connectivity index (χ3n) is 2.75. The van der Waals surface area contributed by atoms with E-state index in [1.54, 1.807) is 0 Å². The van der Waals surface area contributed by atoms with Crippen LogP contribution in [0, 0.1) is 0 Å². The van der Waals surface area contributed by atoms with Crippen molar-refractivity contribution < 1.29 is 9.53 Å². The van der Waals surface area contributed by atoms with E-state index >= 15 is 0 Å². The monoisotopic (exact) mass is 266 g/mol. The fourth-order valence-corrected chi connectivity index (χ4v) is 3.07. The van der Waals surface area contributed by atoms with Gasteiger partial charge in [0, 0.05) is 24.9 Å². The molecule has 2 unspecified atom stereocenters. The number of carbonyl (C=O) groups is 1. The van der Waals surface area contributed by atoms with Gasteiger partial charge in [-0.1, -0.05) is 0 Å². The highest BCUT2D eigenvalue weighted by Crippen LogP contribution is 2.25. The molecule has 2 fully saturated rings. The van der Waals surface area contributed by atoms with E-state index in [1.807, 2.05) is 11.8 Å². The van der Waals surface area contributed by atoms with Gasteiger partial charge < -0.3 is 15.4 Å². The average Bonchev–Trinajstić information content (AvgIpc) is 2.80. The molecule has 0 saturated carbocycles. The van der Waals surface area contributed by atoms with Crippen LogP contribution in [0.4, 0.5) is 0 Å². The van der Waals surface area contributed by atoms with E-state index in [1.165, 1.54) is 18.6 Å². The molecule has 0 spiro atoms. The van der Waals surface area contributed by atoms with E-state index in [0.29, 0.717) is 18.4 Å². The Balaban J connectivity index is 0.00000128. The van der Waals surface area contributed by atoms with Crippen LogP contribution in [0.25, 0.3) is 0 Å². The summed E-state index contributed by atoms with van der Waals surface area (Å²) >= 11 is 1.96. The van der Waals surface area contributed by atoms with E-state index in [4.69, 9.17) is 4.74 Å². The molecule has 2 N–H and O–H groups in total. The summed E-state index contributed by atoms with van der Waals surface area (Å²) in [4.78, 5) is 11.7. The number of morpholine rings is 1. The first-order valence-electron chi connectivity index (χ1n) is 5.58. The first-order valence-corrected chi connectivity index (χ1v) is 6.63. The van der Waals surface area contributed by atoms with Crippen molar-refractivity contribution in [1.82, 2.24) is 10.6 Å². The van der Waals surface area contributed by atoms with E-state index < -0.39 is 0 Å². The van der Waals surface area contributed by atoms with Crippen LogP contribution in [-0.2, 0) is 9.53 Å². The van der Waals surface area contributed by atoms with Gasteiger partial charge in [0.2, 0.25) is 0 Å². The largest absolute Gasteiger partial charge is 0.366 e. The normalized spacial score (nSPS) is 29.5. The van der Waals surface area contributed by atoms with Crippen LogP contribution in [0.2, 0.25) is 0 Å². The number of hydrogen-bond donors (Lipinski definition) is 2. The van der Waals surface area contributed by atoms with Crippen LogP contribution in [0.3, 0.4) is 0 Å². The Labute approximate surface area is 107 Å². The number of thioether (sulfide) groups is 1. The molecule has 0 radical (unpaired) electrons. The van der Waals surface area contributed by atoms with E-state index in [2.05, 4.69) is 10.6 Å². The van der Waals surface area contributed by atoms with Crippen molar-refractivity contribution in [3.8, 4) is 0 Å². The molecule has 0 aromatic carbocycles. The Morgan fingerprint density at radius 3 is 3.06 bits per heavy atom. The van der Waals surface area contributed by atoms with Gasteiger partial charge in [0.15, 0.2) is 0 Å². The third-order valence-corrected chi connectivity index (χ3v) is 4.15. The van der Waals surface area contributed by atoms with Crippen molar-refractivity contribution in [2.75, 3.05) is 32.0 Å². The van der Waals surface area contributed by atoms with Crippen molar-refractivity contribution in [3.63, 3.8) is 0 Å². The number of rotatable bonds is 3. The summed E-state index contributed by atoms with van der Waals surface area (Å²) in [5.41, 5.74) is 0. The second kappa shape index (κ2) is 7.37. The lowest BCUT2D eigenvalue weighted by Gasteiger charge is -2.23. The van der Waals surface area contributed by atoms with Crippen LogP contribution < -0.4 is 10.6 Å². The second-order valence-electron chi connectivity index (χ2n) is 3.94. The second-order valence-corrected chi connectivity index (χ2v) is 5.35. The summed E-state index contributed by atoms with van der Waals surface area (Å²) in [6.45, 7) is 2.92. The summed E-state index contributed by atoms with van der Waals surface area (Å²) in [6, 6.07) is 0. The lowest BCUT2D eigenvalue weighted by Crippen LogP contribution is -2.48. The van der Waals surface area contributed by atoms with E-state index in [0.717, 1.165) is 13.1 Å². The quantitative estimate of drug-likeness (QED) is 0.777. The van der Waals surface area contributed by atoms with Gasteiger partial charge in [-0.3, -0.25) is 4.79 Å². The molecule has 2 rings (SSSR count). The van der Waals surface area contributed by atoms with Crippen LogP contribution in [0.15, 0.2) is 0 Å². The molecule has 94 valence electrons. The molecule has 0 bridgehead atoms. The Morgan fingerprint density at radius 2 is 2.44 bits per heavy atom. The molecule has 0 aliphatic carbocycles. The van der Waals surface area contributed by atoms with Crippen LogP contribution >= 0.6 is 24.2 Å². The average molecular weight is 267 g/mol. The summed E-state index contributed by atoms with van der Waals surface area (Å²) in [6.07, 6.45) is 2.23. The number of carbonyl (C=O) groups excluding carboxylic acids is 1. The van der Waals surface area contributed by atoms with E-state index in [9.17, 15) is 4.79 Å². The molecule has 2 saturated heterocycles. The Hall–Kier alpha value is 0.0300. The predicted molar refractivity (Wildman–Crippen MR) is 68.3 cm³/mol. The maximum atomic E-state index is 11.7. The lowest BCUT2D eigenvalue weighted by molar-refractivity contribution is -0.134. The zero-order chi connectivity index (χ0) is 10.5. The maximum Gasteiger partial charge on any atom is 0.250 e. The van der Waals surface area contributed by atoms with Crippen LogP contribution in [0.5, 0.6) is 0 Å². The molecule has 0 aromatic rings. The van der Waals surface area contributed by atoms with Crippen molar-refractivity contribution in [1.29, 1.82) is 0 Å². The Bertz CT molecular complexity index is 219. The molecule has 2 atom stereocenters. The van der Waals surface area contributed by atoms with Crippen molar-refractivity contribution in [2.45, 2.75) is 24.2 Å². The predicted octanol–water partition coefficient (Wildman–Crippen LogP) is 0.408.